The lowest BCUT2D eigenvalue weighted by molar-refractivity contribution is -0.168. The lowest BCUT2D eigenvalue weighted by Gasteiger charge is -2.73. The summed E-state index contributed by atoms with van der Waals surface area (Å²) in [6.07, 6.45) is 47.4. The molecule has 91 heavy (non-hydrogen) atoms. The van der Waals surface area contributed by atoms with Crippen LogP contribution in [0.4, 0.5) is 0 Å². The van der Waals surface area contributed by atoms with Gasteiger partial charge in [0, 0.05) is 46.1 Å². The number of rotatable bonds is 8. The number of dihydropyridines is 1. The maximum Gasteiger partial charge on any atom is 0.307 e. The molecule has 5 saturated carbocycles. The first kappa shape index (κ1) is 60.3. The van der Waals surface area contributed by atoms with E-state index in [-0.39, 0.29) is 45.8 Å². The number of benzene rings is 3. The zero-order chi connectivity index (χ0) is 62.1. The van der Waals surface area contributed by atoms with Crippen molar-refractivity contribution >= 4 is 23.2 Å². The summed E-state index contributed by atoms with van der Waals surface area (Å²) in [5.74, 6) is 1.35. The highest BCUT2D eigenvalue weighted by Crippen LogP contribution is 2.86. The fourth-order valence-corrected chi connectivity index (χ4v) is 25.6. The second-order valence-electron chi connectivity index (χ2n) is 32.8. The maximum absolute atomic E-state index is 15.2. The Kier molecular flexibility index (Phi) is 15.1. The summed E-state index contributed by atoms with van der Waals surface area (Å²) < 4.78 is 0. The van der Waals surface area contributed by atoms with Crippen LogP contribution in [-0.2, 0) is 24.1 Å². The molecule has 17 aliphatic rings. The number of hydrogen-bond donors (Lipinski definition) is 6. The lowest BCUT2D eigenvalue weighted by atomic mass is 9.30. The van der Waals surface area contributed by atoms with Crippen LogP contribution in [0.2, 0.25) is 0 Å². The third kappa shape index (κ3) is 8.92. The zero-order valence-corrected chi connectivity index (χ0v) is 55.1. The lowest BCUT2D eigenvalue weighted by Crippen LogP contribution is -2.68. The summed E-state index contributed by atoms with van der Waals surface area (Å²) in [5.41, 5.74) is 11.1. The van der Waals surface area contributed by atoms with E-state index in [0.29, 0.717) is 31.1 Å². The van der Waals surface area contributed by atoms with Crippen LogP contribution in [0.5, 0.6) is 0 Å². The Labute approximate surface area is 543 Å². The largest absolute Gasteiger partial charge is 0.516 e. The summed E-state index contributed by atoms with van der Waals surface area (Å²) in [5, 5.41) is 61.1. The molecular weight excluding hydrogens is 1120 g/mol. The Hall–Kier alpha value is -5.63. The number of carboxylic acids is 1. The molecule has 3 aromatic rings. The van der Waals surface area contributed by atoms with Gasteiger partial charge in [0.15, 0.2) is 0 Å². The van der Waals surface area contributed by atoms with Gasteiger partial charge >= 0.3 is 5.97 Å². The Morgan fingerprint density at radius 1 is 0.780 bits per heavy atom. The van der Waals surface area contributed by atoms with Crippen LogP contribution in [0.1, 0.15) is 197 Å². The molecule has 20 rings (SSSR count). The standard InChI is InChI=1S/C84H104N2O5/c1-4-5-7-18-56-19-10-11-22-58(56)45-55-31-39-80(48-55)40-33-69-67(80)34-42-83-70(76(90)91)29-27-62(53-87)63(57-20-8-6-9-21-57)26-15-43-85-75-30-28-61(52-86-75)59-24-14-17-54(44-59)46-65-64-25-13-12-23-60(64)47-71-66(65)49-81-37-16-36-78(2)73(88)35-41-82(71,77(78)81)68-32-38-79(83,3)84(69,51-74(83)89)72(68)50-81/h10-14,16-17,19,22-25,28,30,34,37,42,44,47,49,53,55,57,63,67,69-71,73-74,77,85-89H,4-9,15,18,20-21,26-27,29,31-33,35-36,38-41,43,45-46,48,50-52H2,1-3H3,(H,90,91)/b62-53+/t55-,63+,67-,69+,70+,71+,73+,74-,77-,78-,79-,80-,81-,82-,83+,84-/m1/s1. The van der Waals surface area contributed by atoms with Crippen molar-refractivity contribution in [3.05, 3.63) is 182 Å². The van der Waals surface area contributed by atoms with E-state index in [1.54, 1.807) is 16.7 Å². The summed E-state index contributed by atoms with van der Waals surface area (Å²) in [7, 11) is 0. The molecule has 5 fully saturated rings. The van der Waals surface area contributed by atoms with Gasteiger partial charge in [-0.15, -0.1) is 0 Å². The highest BCUT2D eigenvalue weighted by molar-refractivity contribution is 5.78. The predicted molar refractivity (Wildman–Crippen MR) is 366 cm³/mol. The first-order valence-electron chi connectivity index (χ1n) is 36.8. The minimum Gasteiger partial charge on any atom is -0.516 e. The minimum atomic E-state index is -1.05. The molecule has 0 unspecified atom stereocenters. The Morgan fingerprint density at radius 2 is 1.62 bits per heavy atom. The molecule has 7 nitrogen and oxygen atoms in total. The Bertz CT molecular complexity index is 3760. The van der Waals surface area contributed by atoms with Crippen LogP contribution < -0.4 is 21.1 Å². The molecule has 6 heterocycles. The second-order valence-corrected chi connectivity index (χ2v) is 32.8. The quantitative estimate of drug-likeness (QED) is 0.0755. The average molecular weight is 1220 g/mol. The topological polar surface area (TPSA) is 122 Å². The van der Waals surface area contributed by atoms with Gasteiger partial charge in [0.05, 0.1) is 30.2 Å². The van der Waals surface area contributed by atoms with E-state index in [1.807, 2.05) is 0 Å². The van der Waals surface area contributed by atoms with E-state index in [2.05, 4.69) is 153 Å². The van der Waals surface area contributed by atoms with E-state index in [9.17, 15) is 20.4 Å². The molecule has 14 bridgehead atoms. The second kappa shape index (κ2) is 22.8. The summed E-state index contributed by atoms with van der Waals surface area (Å²) in [6.45, 7) is 8.86. The van der Waals surface area contributed by atoms with E-state index < -0.39 is 45.8 Å². The van der Waals surface area contributed by atoms with E-state index in [0.717, 1.165) is 114 Å². The molecule has 480 valence electrons. The van der Waals surface area contributed by atoms with Gasteiger partial charge in [0.2, 0.25) is 0 Å². The van der Waals surface area contributed by atoms with Gasteiger partial charge in [-0.3, -0.25) is 4.79 Å². The Balaban J connectivity index is 0.894. The SMILES string of the molecule is CCCCCc1ccccc1C[C@H]1CC[C@@]2(CC[C@H]3[C@H]2C=C[C@]24[C@H](O)C[C@]35C3=C(CC[C@]25C)[C@]25CC[C@H](O)[C@@]6(C)CC=C[C@@](C=C7C(=c8ccccc8=C[C@@H]72)Cc2cccc(c2)C2=CC=C(NCCC[C@@H](C7CCCCC7)/C(=C/O)CC[C@H]4C(=O)O)NC2)(C3)[C@@H]65)C1. The molecular formula is C84H104N2O5. The van der Waals surface area contributed by atoms with Gasteiger partial charge in [-0.2, -0.15) is 0 Å². The van der Waals surface area contributed by atoms with Gasteiger partial charge in [0.1, 0.15) is 0 Å². The molecule has 6 aliphatic heterocycles. The van der Waals surface area contributed by atoms with Crippen molar-refractivity contribution in [2.75, 3.05) is 13.1 Å². The van der Waals surface area contributed by atoms with Crippen molar-refractivity contribution in [3.8, 4) is 0 Å². The monoisotopic (exact) mass is 1220 g/mol. The third-order valence-corrected chi connectivity index (χ3v) is 29.2. The van der Waals surface area contributed by atoms with Crippen molar-refractivity contribution in [2.24, 2.45) is 85.2 Å². The Morgan fingerprint density at radius 3 is 2.44 bits per heavy atom. The van der Waals surface area contributed by atoms with Crippen LogP contribution in [-0.4, -0.2) is 51.7 Å². The highest BCUT2D eigenvalue weighted by atomic mass is 16.4. The third-order valence-electron chi connectivity index (χ3n) is 29.2. The van der Waals surface area contributed by atoms with Crippen molar-refractivity contribution in [1.82, 2.24) is 10.6 Å². The maximum atomic E-state index is 15.2. The summed E-state index contributed by atoms with van der Waals surface area (Å²) in [6, 6.07) is 28.0. The van der Waals surface area contributed by atoms with Crippen molar-refractivity contribution in [3.63, 3.8) is 0 Å². The number of carboxylic acid groups (broad SMARTS) is 1. The predicted octanol–water partition coefficient (Wildman–Crippen LogP) is 16.1. The number of aliphatic hydroxyl groups is 3. The van der Waals surface area contributed by atoms with Crippen molar-refractivity contribution in [1.29, 1.82) is 0 Å². The molecule has 3 spiro atoms. The fourth-order valence-electron chi connectivity index (χ4n) is 25.6. The molecule has 0 radical (unpaired) electrons. The van der Waals surface area contributed by atoms with Crippen LogP contribution in [0.25, 0.3) is 17.2 Å². The molecule has 3 aromatic carbocycles. The molecule has 11 aliphatic carbocycles. The first-order valence-corrected chi connectivity index (χ1v) is 36.8. The number of carbonyl (C=O) groups is 1. The molecule has 0 saturated heterocycles. The van der Waals surface area contributed by atoms with Gasteiger partial charge < -0.3 is 31.1 Å². The van der Waals surface area contributed by atoms with Crippen molar-refractivity contribution < 1.29 is 25.2 Å². The zero-order valence-electron chi connectivity index (χ0n) is 55.1. The van der Waals surface area contributed by atoms with E-state index in [4.69, 9.17) is 0 Å². The number of allylic oxidation sites excluding steroid dienone is 10. The number of fused-ring (bicyclic) bond motifs is 3. The highest BCUT2D eigenvalue weighted by Gasteiger charge is 2.81. The van der Waals surface area contributed by atoms with Crippen LogP contribution in [0, 0.1) is 85.2 Å². The number of aryl methyl sites for hydroxylation is 1. The summed E-state index contributed by atoms with van der Waals surface area (Å²) >= 11 is 0. The van der Waals surface area contributed by atoms with Gasteiger partial charge in [-0.1, -0.05) is 179 Å². The number of unbranched alkanes of at least 4 members (excludes halogenated alkanes) is 2. The fraction of sp³-hybridized carbons (Fsp3) is 0.583. The number of aliphatic hydroxyl groups excluding tert-OH is 3. The number of nitrogens with one attached hydrogen (secondary N) is 2. The van der Waals surface area contributed by atoms with Crippen molar-refractivity contribution in [2.45, 2.75) is 206 Å². The molecule has 0 aromatic heterocycles. The van der Waals surface area contributed by atoms with Gasteiger partial charge in [-0.25, -0.2) is 0 Å². The first-order chi connectivity index (χ1) is 44.2. The van der Waals surface area contributed by atoms with Gasteiger partial charge in [-0.05, 0) is 249 Å². The summed E-state index contributed by atoms with van der Waals surface area (Å²) in [4.78, 5) is 15.2. The smallest absolute Gasteiger partial charge is 0.307 e. The molecule has 0 amide bonds. The van der Waals surface area contributed by atoms with E-state index in [1.165, 1.54) is 114 Å². The van der Waals surface area contributed by atoms with E-state index >= 15 is 4.79 Å². The number of aliphatic carboxylic acids is 1. The van der Waals surface area contributed by atoms with Gasteiger partial charge in [0.25, 0.3) is 0 Å². The van der Waals surface area contributed by atoms with Crippen LogP contribution >= 0.6 is 0 Å². The molecule has 6 N–H and O–H groups in total. The average Bonchev–Trinajstić information content (AvgIpc) is 1.63. The normalized spacial score (nSPS) is 40.8. The van der Waals surface area contributed by atoms with Crippen LogP contribution in [0.15, 0.2) is 150 Å². The number of hydrogen-bond acceptors (Lipinski definition) is 6. The molecule has 16 atom stereocenters. The molecule has 7 heteroatoms. The minimum absolute atomic E-state index is 0.0849. The van der Waals surface area contributed by atoms with Crippen LogP contribution in [0.3, 0.4) is 0 Å².